The largest absolute Gasteiger partial charge is 0.400 e. The molecular weight excluding hydrogens is 265 g/mol. The lowest BCUT2D eigenvalue weighted by Crippen LogP contribution is -2.38. The molecule has 1 aliphatic carbocycles. The molecule has 0 aromatic carbocycles. The predicted molar refractivity (Wildman–Crippen MR) is 63.7 cm³/mol. The van der Waals surface area contributed by atoms with Gasteiger partial charge in [0.2, 0.25) is 0 Å². The van der Waals surface area contributed by atoms with Crippen LogP contribution in [0.15, 0.2) is 12.2 Å². The van der Waals surface area contributed by atoms with Crippen LogP contribution in [-0.2, 0) is 13.6 Å². The average molecular weight is 284 g/mol. The molecule has 18 heavy (non-hydrogen) atoms. The van der Waals surface area contributed by atoms with Crippen LogP contribution in [0.25, 0.3) is 0 Å². The molecule has 0 aromatic heterocycles. The fourth-order valence-corrected chi connectivity index (χ4v) is 3.62. The smallest absolute Gasteiger partial charge is 0.392 e. The van der Waals surface area contributed by atoms with Crippen molar-refractivity contribution in [3.8, 4) is 0 Å². The van der Waals surface area contributed by atoms with Crippen molar-refractivity contribution in [2.24, 2.45) is 5.92 Å². The Kier molecular flexibility index (Phi) is 5.46. The maximum absolute atomic E-state index is 14.3. The van der Waals surface area contributed by atoms with Crippen LogP contribution >= 0.6 is 7.60 Å². The first-order valence-corrected chi connectivity index (χ1v) is 7.55. The van der Waals surface area contributed by atoms with Crippen LogP contribution in [-0.4, -0.2) is 30.1 Å². The van der Waals surface area contributed by atoms with Crippen LogP contribution in [0.1, 0.15) is 26.7 Å². The number of hydrogen-bond donors (Lipinski definition) is 1. The van der Waals surface area contributed by atoms with Gasteiger partial charge in [0, 0.05) is 0 Å². The van der Waals surface area contributed by atoms with Crippen LogP contribution in [0, 0.1) is 5.92 Å². The predicted octanol–water partition coefficient (Wildman–Crippen LogP) is 3.17. The molecule has 1 N–H and O–H groups in total. The first-order valence-electron chi connectivity index (χ1n) is 6.00. The van der Waals surface area contributed by atoms with Gasteiger partial charge in [0.25, 0.3) is 0 Å². The second-order valence-electron chi connectivity index (χ2n) is 4.02. The third-order valence-corrected chi connectivity index (χ3v) is 4.98. The Morgan fingerprint density at radius 1 is 1.39 bits per heavy atom. The Balaban J connectivity index is 3.03. The molecule has 1 rings (SSSR count). The Morgan fingerprint density at radius 2 is 1.94 bits per heavy atom. The highest BCUT2D eigenvalue weighted by molar-refractivity contribution is 7.55. The zero-order valence-electron chi connectivity index (χ0n) is 10.5. The van der Waals surface area contributed by atoms with E-state index in [0.717, 1.165) is 0 Å². The van der Waals surface area contributed by atoms with Crippen molar-refractivity contribution in [1.29, 1.82) is 0 Å². The number of allylic oxidation sites excluding steroid dienone is 1. The molecule has 0 amide bonds. The summed E-state index contributed by atoms with van der Waals surface area (Å²) in [5, 5.41) is 9.64. The van der Waals surface area contributed by atoms with Gasteiger partial charge in [-0.1, -0.05) is 12.2 Å². The fraction of sp³-hybridized carbons (Fsp3) is 0.818. The van der Waals surface area contributed by atoms with E-state index in [0.29, 0.717) is 6.42 Å². The summed E-state index contributed by atoms with van der Waals surface area (Å²) in [5.41, 5.74) is -3.73. The Morgan fingerprint density at radius 3 is 2.39 bits per heavy atom. The van der Waals surface area contributed by atoms with Crippen molar-refractivity contribution in [3.05, 3.63) is 12.2 Å². The molecule has 0 aromatic rings. The molecular formula is C11H19F2O4P. The van der Waals surface area contributed by atoms with E-state index >= 15 is 0 Å². The second kappa shape index (κ2) is 6.24. The minimum absolute atomic E-state index is 0.139. The summed E-state index contributed by atoms with van der Waals surface area (Å²) < 4.78 is 50.0. The molecule has 4 nitrogen and oxygen atoms in total. The summed E-state index contributed by atoms with van der Waals surface area (Å²) in [6.45, 7) is 2.66. The summed E-state index contributed by atoms with van der Waals surface area (Å²) in [7, 11) is -4.57. The highest BCUT2D eigenvalue weighted by Crippen LogP contribution is 2.65. The summed E-state index contributed by atoms with van der Waals surface area (Å²) in [6, 6.07) is 0. The van der Waals surface area contributed by atoms with E-state index in [1.807, 2.05) is 0 Å². The Hall–Kier alpha value is -0.290. The number of aliphatic hydroxyl groups excluding tert-OH is 1. The zero-order chi connectivity index (χ0) is 13.8. The van der Waals surface area contributed by atoms with Gasteiger partial charge in [-0.2, -0.15) is 8.78 Å². The highest BCUT2D eigenvalue weighted by Gasteiger charge is 2.59. The van der Waals surface area contributed by atoms with Crippen molar-refractivity contribution in [2.45, 2.75) is 38.5 Å². The molecule has 2 atom stereocenters. The molecule has 7 heteroatoms. The summed E-state index contributed by atoms with van der Waals surface area (Å²) >= 11 is 0. The van der Waals surface area contributed by atoms with Crippen molar-refractivity contribution < 1.29 is 27.5 Å². The van der Waals surface area contributed by atoms with Crippen LogP contribution in [0.2, 0.25) is 0 Å². The van der Waals surface area contributed by atoms with E-state index < -0.39 is 25.3 Å². The molecule has 0 saturated heterocycles. The third-order valence-electron chi connectivity index (χ3n) is 2.75. The van der Waals surface area contributed by atoms with Crippen LogP contribution in [0.3, 0.4) is 0 Å². The molecule has 0 heterocycles. The number of alkyl halides is 2. The van der Waals surface area contributed by atoms with Crippen molar-refractivity contribution in [3.63, 3.8) is 0 Å². The molecule has 0 spiro atoms. The van der Waals surface area contributed by atoms with Crippen molar-refractivity contribution in [1.82, 2.24) is 0 Å². The summed E-state index contributed by atoms with van der Waals surface area (Å²) in [6.07, 6.45) is 2.25. The lowest BCUT2D eigenvalue weighted by molar-refractivity contribution is -0.0478. The lowest BCUT2D eigenvalue weighted by atomic mass is 9.93. The van der Waals surface area contributed by atoms with Gasteiger partial charge < -0.3 is 14.2 Å². The monoisotopic (exact) mass is 284 g/mol. The standard InChI is InChI=1S/C11H19F2O4P/c1-3-16-18(15,17-4-2)11(12,13)9-7-5-6-8-10(9)14/h5,7,9-10,14H,3-4,6,8H2,1-2H3/t9-,10-/m1/s1. The molecule has 1 aliphatic rings. The van der Waals surface area contributed by atoms with Crippen molar-refractivity contribution >= 4 is 7.60 Å². The second-order valence-corrected chi connectivity index (χ2v) is 6.13. The minimum atomic E-state index is -4.57. The SMILES string of the molecule is CCOP(=O)(OCC)C(F)(F)[C@@H]1C=CCC[C@H]1O. The van der Waals surface area contributed by atoms with E-state index in [-0.39, 0.29) is 19.6 Å². The molecule has 106 valence electrons. The van der Waals surface area contributed by atoms with Gasteiger partial charge in [-0.25, -0.2) is 0 Å². The van der Waals surface area contributed by atoms with E-state index in [2.05, 4.69) is 9.05 Å². The lowest BCUT2D eigenvalue weighted by Gasteiger charge is -2.34. The molecule has 0 aliphatic heterocycles. The Labute approximate surface area is 106 Å². The van der Waals surface area contributed by atoms with Gasteiger partial charge in [0.05, 0.1) is 25.2 Å². The van der Waals surface area contributed by atoms with E-state index in [9.17, 15) is 18.5 Å². The Bertz CT molecular complexity index is 336. The maximum Gasteiger partial charge on any atom is 0.400 e. The zero-order valence-corrected chi connectivity index (χ0v) is 11.4. The van der Waals surface area contributed by atoms with Crippen LogP contribution in [0.4, 0.5) is 8.78 Å². The highest BCUT2D eigenvalue weighted by atomic mass is 31.2. The van der Waals surface area contributed by atoms with Gasteiger partial charge in [0.1, 0.15) is 0 Å². The van der Waals surface area contributed by atoms with E-state index in [4.69, 9.17) is 0 Å². The maximum atomic E-state index is 14.3. The van der Waals surface area contributed by atoms with E-state index in [1.165, 1.54) is 19.9 Å². The van der Waals surface area contributed by atoms with Gasteiger partial charge >= 0.3 is 13.3 Å². The third kappa shape index (κ3) is 2.99. The molecule has 0 bridgehead atoms. The van der Waals surface area contributed by atoms with Crippen LogP contribution < -0.4 is 0 Å². The van der Waals surface area contributed by atoms with Gasteiger partial charge in [0.15, 0.2) is 0 Å². The minimum Gasteiger partial charge on any atom is -0.392 e. The fourth-order valence-electron chi connectivity index (χ4n) is 1.90. The molecule has 0 unspecified atom stereocenters. The van der Waals surface area contributed by atoms with Crippen LogP contribution in [0.5, 0.6) is 0 Å². The summed E-state index contributed by atoms with van der Waals surface area (Å²) in [5.74, 6) is -1.53. The number of rotatable bonds is 6. The molecule has 0 saturated carbocycles. The van der Waals surface area contributed by atoms with E-state index in [1.54, 1.807) is 6.08 Å². The topological polar surface area (TPSA) is 55.8 Å². The molecule has 0 fully saturated rings. The first-order chi connectivity index (χ1) is 8.39. The van der Waals surface area contributed by atoms with Gasteiger partial charge in [-0.05, 0) is 26.7 Å². The van der Waals surface area contributed by atoms with Gasteiger partial charge in [-0.15, -0.1) is 0 Å². The molecule has 0 radical (unpaired) electrons. The first kappa shape index (κ1) is 15.8. The quantitative estimate of drug-likeness (QED) is 0.601. The van der Waals surface area contributed by atoms with Gasteiger partial charge in [-0.3, -0.25) is 4.57 Å². The summed E-state index contributed by atoms with van der Waals surface area (Å²) in [4.78, 5) is 0. The number of aliphatic hydroxyl groups is 1. The average Bonchev–Trinajstić information content (AvgIpc) is 2.29. The number of hydrogen-bond acceptors (Lipinski definition) is 4. The van der Waals surface area contributed by atoms with Crippen molar-refractivity contribution in [2.75, 3.05) is 13.2 Å². The normalized spacial score (nSPS) is 25.4. The number of halogens is 2.